The summed E-state index contributed by atoms with van der Waals surface area (Å²) in [5.41, 5.74) is -0.237. The SMILES string of the molecule is COc1c(NC2CCCCCC2)nc[nH]c1=O. The molecule has 1 fully saturated rings. The van der Waals surface area contributed by atoms with E-state index in [1.165, 1.54) is 39.1 Å². The largest absolute Gasteiger partial charge is 0.489 e. The first kappa shape index (κ1) is 12.0. The predicted octanol–water partition coefficient (Wildman–Crippen LogP) is 1.91. The van der Waals surface area contributed by atoms with E-state index >= 15 is 0 Å². The fourth-order valence-electron chi connectivity index (χ4n) is 2.30. The van der Waals surface area contributed by atoms with Gasteiger partial charge in [-0.15, -0.1) is 0 Å². The molecule has 0 amide bonds. The van der Waals surface area contributed by atoms with Crippen molar-refractivity contribution in [2.75, 3.05) is 12.4 Å². The summed E-state index contributed by atoms with van der Waals surface area (Å²) in [6.45, 7) is 0. The molecule has 1 aromatic heterocycles. The minimum absolute atomic E-state index is 0.237. The van der Waals surface area contributed by atoms with Gasteiger partial charge in [0.25, 0.3) is 5.56 Å². The third-order valence-electron chi connectivity index (χ3n) is 3.21. The first-order valence-electron chi connectivity index (χ1n) is 6.19. The van der Waals surface area contributed by atoms with Crippen LogP contribution in [-0.2, 0) is 0 Å². The molecule has 0 radical (unpaired) electrons. The van der Waals surface area contributed by atoms with Crippen LogP contribution in [-0.4, -0.2) is 23.1 Å². The topological polar surface area (TPSA) is 67.0 Å². The molecule has 1 heterocycles. The lowest BCUT2D eigenvalue weighted by molar-refractivity contribution is 0.407. The summed E-state index contributed by atoms with van der Waals surface area (Å²) < 4.78 is 5.08. The Morgan fingerprint density at radius 2 is 2.06 bits per heavy atom. The van der Waals surface area contributed by atoms with Crippen molar-refractivity contribution >= 4 is 5.82 Å². The number of rotatable bonds is 3. The van der Waals surface area contributed by atoms with Gasteiger partial charge in [0.05, 0.1) is 13.4 Å². The Morgan fingerprint density at radius 3 is 2.71 bits per heavy atom. The monoisotopic (exact) mass is 237 g/mol. The highest BCUT2D eigenvalue weighted by atomic mass is 16.5. The van der Waals surface area contributed by atoms with Gasteiger partial charge in [0, 0.05) is 6.04 Å². The first-order valence-corrected chi connectivity index (χ1v) is 6.19. The quantitative estimate of drug-likeness (QED) is 0.788. The molecule has 0 spiro atoms. The number of nitrogens with one attached hydrogen (secondary N) is 2. The van der Waals surface area contributed by atoms with Gasteiger partial charge in [0.15, 0.2) is 5.82 Å². The molecule has 1 aliphatic rings. The summed E-state index contributed by atoms with van der Waals surface area (Å²) in [5.74, 6) is 0.833. The zero-order chi connectivity index (χ0) is 12.1. The molecular formula is C12H19N3O2. The number of H-pyrrole nitrogens is 1. The van der Waals surface area contributed by atoms with Crippen LogP contribution in [0.3, 0.4) is 0 Å². The molecule has 17 heavy (non-hydrogen) atoms. The number of hydrogen-bond acceptors (Lipinski definition) is 4. The van der Waals surface area contributed by atoms with Gasteiger partial charge >= 0.3 is 0 Å². The van der Waals surface area contributed by atoms with E-state index in [0.717, 1.165) is 12.8 Å². The lowest BCUT2D eigenvalue weighted by Crippen LogP contribution is -2.22. The third kappa shape index (κ3) is 2.99. The van der Waals surface area contributed by atoms with Crippen LogP contribution in [0.15, 0.2) is 11.1 Å². The van der Waals surface area contributed by atoms with Crippen molar-refractivity contribution in [2.45, 2.75) is 44.6 Å². The summed E-state index contributed by atoms with van der Waals surface area (Å²) >= 11 is 0. The maximum Gasteiger partial charge on any atom is 0.295 e. The van der Waals surface area contributed by atoms with Gasteiger partial charge in [-0.3, -0.25) is 4.79 Å². The molecular weight excluding hydrogens is 218 g/mol. The maximum absolute atomic E-state index is 11.5. The lowest BCUT2D eigenvalue weighted by Gasteiger charge is -2.17. The van der Waals surface area contributed by atoms with Crippen LogP contribution in [0.5, 0.6) is 5.75 Å². The number of methoxy groups -OCH3 is 1. The van der Waals surface area contributed by atoms with Crippen LogP contribution in [0, 0.1) is 0 Å². The molecule has 1 aromatic rings. The predicted molar refractivity (Wildman–Crippen MR) is 66.5 cm³/mol. The fraction of sp³-hybridized carbons (Fsp3) is 0.667. The highest BCUT2D eigenvalue weighted by molar-refractivity contribution is 5.48. The first-order chi connectivity index (χ1) is 8.31. The van der Waals surface area contributed by atoms with Gasteiger partial charge in [-0.2, -0.15) is 0 Å². The average Bonchev–Trinajstić information content (AvgIpc) is 2.58. The number of anilines is 1. The summed E-state index contributed by atoms with van der Waals surface area (Å²) in [5, 5.41) is 3.33. The second kappa shape index (κ2) is 5.70. The highest BCUT2D eigenvalue weighted by Gasteiger charge is 2.16. The smallest absolute Gasteiger partial charge is 0.295 e. The van der Waals surface area contributed by atoms with E-state index < -0.39 is 0 Å². The zero-order valence-corrected chi connectivity index (χ0v) is 10.2. The standard InChI is InChI=1S/C12H19N3O2/c1-17-10-11(13-8-14-12(10)16)15-9-6-4-2-3-5-7-9/h8-9H,2-7H2,1H3,(H2,13,14,15,16). The molecule has 0 saturated heterocycles. The zero-order valence-electron chi connectivity index (χ0n) is 10.2. The van der Waals surface area contributed by atoms with E-state index in [1.54, 1.807) is 0 Å². The lowest BCUT2D eigenvalue weighted by atomic mass is 10.1. The molecule has 5 heteroatoms. The molecule has 0 aliphatic heterocycles. The minimum atomic E-state index is -0.237. The van der Waals surface area contributed by atoms with Crippen LogP contribution in [0.1, 0.15) is 38.5 Å². The Balaban J connectivity index is 2.11. The summed E-state index contributed by atoms with van der Waals surface area (Å²) in [7, 11) is 1.49. The van der Waals surface area contributed by atoms with Crippen molar-refractivity contribution in [3.05, 3.63) is 16.7 Å². The maximum atomic E-state index is 11.5. The molecule has 5 nitrogen and oxygen atoms in total. The number of aromatic nitrogens is 2. The number of hydrogen-bond donors (Lipinski definition) is 2. The second-order valence-electron chi connectivity index (χ2n) is 4.45. The van der Waals surface area contributed by atoms with Crippen molar-refractivity contribution in [2.24, 2.45) is 0 Å². The van der Waals surface area contributed by atoms with Crippen molar-refractivity contribution in [3.63, 3.8) is 0 Å². The van der Waals surface area contributed by atoms with Gasteiger partial charge in [0.1, 0.15) is 0 Å². The minimum Gasteiger partial charge on any atom is -0.489 e. The van der Waals surface area contributed by atoms with E-state index in [0.29, 0.717) is 11.9 Å². The molecule has 2 rings (SSSR count). The van der Waals surface area contributed by atoms with Crippen molar-refractivity contribution in [1.82, 2.24) is 9.97 Å². The molecule has 0 atom stereocenters. The molecule has 0 aromatic carbocycles. The highest BCUT2D eigenvalue weighted by Crippen LogP contribution is 2.23. The molecule has 1 saturated carbocycles. The summed E-state index contributed by atoms with van der Waals surface area (Å²) in [4.78, 5) is 18.2. The van der Waals surface area contributed by atoms with Gasteiger partial charge in [0.2, 0.25) is 5.75 Å². The van der Waals surface area contributed by atoms with E-state index in [2.05, 4.69) is 15.3 Å². The van der Waals surface area contributed by atoms with Crippen LogP contribution in [0.2, 0.25) is 0 Å². The summed E-state index contributed by atoms with van der Waals surface area (Å²) in [6.07, 6.45) is 8.77. The fourth-order valence-corrected chi connectivity index (χ4v) is 2.30. The van der Waals surface area contributed by atoms with Gasteiger partial charge < -0.3 is 15.0 Å². The third-order valence-corrected chi connectivity index (χ3v) is 3.21. The van der Waals surface area contributed by atoms with Crippen LogP contribution in [0.4, 0.5) is 5.82 Å². The van der Waals surface area contributed by atoms with Crippen molar-refractivity contribution in [1.29, 1.82) is 0 Å². The van der Waals surface area contributed by atoms with Gasteiger partial charge in [-0.1, -0.05) is 25.7 Å². The molecule has 1 aliphatic carbocycles. The van der Waals surface area contributed by atoms with Gasteiger partial charge in [-0.05, 0) is 12.8 Å². The van der Waals surface area contributed by atoms with E-state index in [9.17, 15) is 4.79 Å². The van der Waals surface area contributed by atoms with E-state index in [4.69, 9.17) is 4.74 Å². The number of nitrogens with zero attached hydrogens (tertiary/aromatic N) is 1. The van der Waals surface area contributed by atoms with E-state index in [1.807, 2.05) is 0 Å². The Labute approximate surface area is 101 Å². The van der Waals surface area contributed by atoms with Crippen molar-refractivity contribution < 1.29 is 4.74 Å². The second-order valence-corrected chi connectivity index (χ2v) is 4.45. The molecule has 0 bridgehead atoms. The van der Waals surface area contributed by atoms with Crippen LogP contribution >= 0.6 is 0 Å². The Kier molecular flexibility index (Phi) is 4.01. The Bertz CT molecular complexity index is 408. The van der Waals surface area contributed by atoms with Crippen LogP contribution in [0.25, 0.3) is 0 Å². The number of ether oxygens (including phenoxy) is 1. The van der Waals surface area contributed by atoms with Crippen LogP contribution < -0.4 is 15.6 Å². The molecule has 2 N–H and O–H groups in total. The Morgan fingerprint density at radius 1 is 1.35 bits per heavy atom. The van der Waals surface area contributed by atoms with Gasteiger partial charge in [-0.25, -0.2) is 4.98 Å². The van der Waals surface area contributed by atoms with Crippen molar-refractivity contribution in [3.8, 4) is 5.75 Å². The van der Waals surface area contributed by atoms with E-state index in [-0.39, 0.29) is 11.3 Å². The molecule has 0 unspecified atom stereocenters. The number of aromatic amines is 1. The Hall–Kier alpha value is -1.52. The molecule has 94 valence electrons. The normalized spacial score (nSPS) is 17.5. The summed E-state index contributed by atoms with van der Waals surface area (Å²) in [6, 6.07) is 0.403. The average molecular weight is 237 g/mol.